The van der Waals surface area contributed by atoms with Crippen molar-refractivity contribution in [2.75, 3.05) is 19.7 Å². The number of nitro groups is 1. The Kier molecular flexibility index (Phi) is 3.58. The van der Waals surface area contributed by atoms with Crippen LogP contribution >= 0.6 is 0 Å². The van der Waals surface area contributed by atoms with Gasteiger partial charge < -0.3 is 10.1 Å². The molecule has 1 atom stereocenters. The molecule has 0 spiro atoms. The minimum Gasteiger partial charge on any atom is -0.472 e. The molecule has 7 nitrogen and oxygen atoms in total. The predicted octanol–water partition coefficient (Wildman–Crippen LogP) is 0.707. The molecule has 1 aliphatic heterocycles. The summed E-state index contributed by atoms with van der Waals surface area (Å²) in [5.74, 6) is 0.723. The van der Waals surface area contributed by atoms with Crippen LogP contribution in [0, 0.1) is 16.0 Å². The summed E-state index contributed by atoms with van der Waals surface area (Å²) in [5, 5.41) is 17.9. The standard InChI is InChI=1S/C10H16N4O3/c1-13-7-9(14(15)16)10(12-13)17-5-3-8-2-4-11-6-8/h7-8,11H,2-6H2,1H3. The molecular weight excluding hydrogens is 224 g/mol. The van der Waals surface area contributed by atoms with Crippen LogP contribution in [-0.4, -0.2) is 34.4 Å². The lowest BCUT2D eigenvalue weighted by Crippen LogP contribution is -2.12. The number of rotatable bonds is 5. The van der Waals surface area contributed by atoms with Crippen molar-refractivity contribution in [3.63, 3.8) is 0 Å². The molecule has 0 bridgehead atoms. The van der Waals surface area contributed by atoms with Gasteiger partial charge in [0.15, 0.2) is 0 Å². The third-order valence-corrected chi connectivity index (χ3v) is 2.90. The molecule has 1 aromatic rings. The van der Waals surface area contributed by atoms with Gasteiger partial charge in [0.2, 0.25) is 0 Å². The van der Waals surface area contributed by atoms with Gasteiger partial charge in [-0.1, -0.05) is 0 Å². The SMILES string of the molecule is Cn1cc([N+](=O)[O-])c(OCCC2CCNC2)n1. The number of nitrogens with one attached hydrogen (secondary N) is 1. The van der Waals surface area contributed by atoms with Crippen molar-refractivity contribution < 1.29 is 9.66 Å². The topological polar surface area (TPSA) is 82.2 Å². The second-order valence-corrected chi connectivity index (χ2v) is 4.25. The van der Waals surface area contributed by atoms with E-state index in [0.717, 1.165) is 25.9 Å². The van der Waals surface area contributed by atoms with Gasteiger partial charge in [-0.05, 0) is 31.8 Å². The highest BCUT2D eigenvalue weighted by atomic mass is 16.6. The molecule has 7 heteroatoms. The second kappa shape index (κ2) is 5.13. The highest BCUT2D eigenvalue weighted by Crippen LogP contribution is 2.24. The minimum atomic E-state index is -0.473. The summed E-state index contributed by atoms with van der Waals surface area (Å²) in [6, 6.07) is 0. The van der Waals surface area contributed by atoms with Crippen LogP contribution in [0.1, 0.15) is 12.8 Å². The van der Waals surface area contributed by atoms with E-state index in [2.05, 4.69) is 10.4 Å². The van der Waals surface area contributed by atoms with Crippen molar-refractivity contribution in [1.29, 1.82) is 0 Å². The molecule has 1 unspecified atom stereocenters. The molecule has 17 heavy (non-hydrogen) atoms. The zero-order valence-corrected chi connectivity index (χ0v) is 9.76. The van der Waals surface area contributed by atoms with Gasteiger partial charge in [-0.3, -0.25) is 14.8 Å². The summed E-state index contributed by atoms with van der Waals surface area (Å²) in [6.45, 7) is 2.53. The van der Waals surface area contributed by atoms with Crippen molar-refractivity contribution in [2.45, 2.75) is 12.8 Å². The Morgan fingerprint density at radius 3 is 3.24 bits per heavy atom. The number of ether oxygens (including phenoxy) is 1. The first-order valence-corrected chi connectivity index (χ1v) is 5.68. The molecule has 0 aromatic carbocycles. The number of aryl methyl sites for hydroxylation is 1. The van der Waals surface area contributed by atoms with Crippen molar-refractivity contribution in [1.82, 2.24) is 15.1 Å². The number of nitrogens with zero attached hydrogens (tertiary/aromatic N) is 3. The average Bonchev–Trinajstić information content (AvgIpc) is 2.88. The quantitative estimate of drug-likeness (QED) is 0.605. The zero-order chi connectivity index (χ0) is 12.3. The Bertz CT molecular complexity index is 398. The molecule has 0 radical (unpaired) electrons. The fraction of sp³-hybridized carbons (Fsp3) is 0.700. The van der Waals surface area contributed by atoms with Crippen LogP contribution in [0.2, 0.25) is 0 Å². The highest BCUT2D eigenvalue weighted by Gasteiger charge is 2.21. The molecule has 1 aromatic heterocycles. The smallest absolute Gasteiger partial charge is 0.350 e. The fourth-order valence-corrected chi connectivity index (χ4v) is 1.97. The second-order valence-electron chi connectivity index (χ2n) is 4.25. The van der Waals surface area contributed by atoms with Crippen LogP contribution in [0.4, 0.5) is 5.69 Å². The Labute approximate surface area is 98.9 Å². The van der Waals surface area contributed by atoms with E-state index >= 15 is 0 Å². The lowest BCUT2D eigenvalue weighted by molar-refractivity contribution is -0.386. The highest BCUT2D eigenvalue weighted by molar-refractivity contribution is 5.38. The van der Waals surface area contributed by atoms with Crippen LogP contribution < -0.4 is 10.1 Å². The molecule has 0 amide bonds. The molecule has 94 valence electrons. The molecule has 1 fully saturated rings. The third kappa shape index (κ3) is 2.94. The van der Waals surface area contributed by atoms with Gasteiger partial charge >= 0.3 is 11.6 Å². The fourth-order valence-electron chi connectivity index (χ4n) is 1.97. The maximum Gasteiger partial charge on any atom is 0.350 e. The normalized spacial score (nSPS) is 19.5. The van der Waals surface area contributed by atoms with Crippen molar-refractivity contribution >= 4 is 5.69 Å². The van der Waals surface area contributed by atoms with Crippen molar-refractivity contribution in [3.05, 3.63) is 16.3 Å². The van der Waals surface area contributed by atoms with Gasteiger partial charge in [0, 0.05) is 7.05 Å². The van der Waals surface area contributed by atoms with E-state index in [1.54, 1.807) is 7.05 Å². The van der Waals surface area contributed by atoms with Crippen LogP contribution in [0.25, 0.3) is 0 Å². The van der Waals surface area contributed by atoms with E-state index in [1.165, 1.54) is 10.9 Å². The van der Waals surface area contributed by atoms with Gasteiger partial charge in [-0.15, -0.1) is 5.10 Å². The molecule has 1 saturated heterocycles. The zero-order valence-electron chi connectivity index (χ0n) is 9.76. The summed E-state index contributed by atoms with van der Waals surface area (Å²) >= 11 is 0. The van der Waals surface area contributed by atoms with E-state index in [0.29, 0.717) is 12.5 Å². The Morgan fingerprint density at radius 1 is 1.76 bits per heavy atom. The van der Waals surface area contributed by atoms with Gasteiger partial charge in [-0.25, -0.2) is 0 Å². The third-order valence-electron chi connectivity index (χ3n) is 2.90. The van der Waals surface area contributed by atoms with E-state index in [1.807, 2.05) is 0 Å². The van der Waals surface area contributed by atoms with Crippen LogP contribution in [0.5, 0.6) is 5.88 Å². The van der Waals surface area contributed by atoms with Crippen molar-refractivity contribution in [2.24, 2.45) is 13.0 Å². The molecular formula is C10H16N4O3. The Morgan fingerprint density at radius 2 is 2.59 bits per heavy atom. The molecule has 1 aliphatic rings. The first-order valence-electron chi connectivity index (χ1n) is 5.68. The summed E-state index contributed by atoms with van der Waals surface area (Å²) in [5.41, 5.74) is -0.0722. The van der Waals surface area contributed by atoms with Gasteiger partial charge in [0.05, 0.1) is 11.5 Å². The largest absolute Gasteiger partial charge is 0.472 e. The van der Waals surface area contributed by atoms with E-state index in [-0.39, 0.29) is 11.6 Å². The number of hydrogen-bond acceptors (Lipinski definition) is 5. The number of hydrogen-bond donors (Lipinski definition) is 1. The predicted molar refractivity (Wildman–Crippen MR) is 61.0 cm³/mol. The van der Waals surface area contributed by atoms with Crippen molar-refractivity contribution in [3.8, 4) is 5.88 Å². The molecule has 2 rings (SSSR count). The molecule has 1 N–H and O–H groups in total. The van der Waals surface area contributed by atoms with E-state index in [9.17, 15) is 10.1 Å². The van der Waals surface area contributed by atoms with E-state index < -0.39 is 4.92 Å². The summed E-state index contributed by atoms with van der Waals surface area (Å²) in [7, 11) is 1.64. The van der Waals surface area contributed by atoms with Crippen LogP contribution in [0.3, 0.4) is 0 Å². The maximum absolute atomic E-state index is 10.7. The maximum atomic E-state index is 10.7. The van der Waals surface area contributed by atoms with Gasteiger partial charge in [0.25, 0.3) is 0 Å². The minimum absolute atomic E-state index is 0.0722. The first-order chi connectivity index (χ1) is 8.16. The van der Waals surface area contributed by atoms with E-state index in [4.69, 9.17) is 4.74 Å². The van der Waals surface area contributed by atoms with Crippen LogP contribution in [-0.2, 0) is 7.05 Å². The first kappa shape index (κ1) is 11.8. The summed E-state index contributed by atoms with van der Waals surface area (Å²) in [6.07, 6.45) is 3.40. The van der Waals surface area contributed by atoms with Gasteiger partial charge in [0.1, 0.15) is 6.20 Å². The summed E-state index contributed by atoms with van der Waals surface area (Å²) in [4.78, 5) is 10.2. The summed E-state index contributed by atoms with van der Waals surface area (Å²) < 4.78 is 6.77. The van der Waals surface area contributed by atoms with Crippen LogP contribution in [0.15, 0.2) is 6.20 Å². The lowest BCUT2D eigenvalue weighted by Gasteiger charge is -2.07. The molecule has 0 saturated carbocycles. The molecule has 2 heterocycles. The lowest BCUT2D eigenvalue weighted by atomic mass is 10.1. The van der Waals surface area contributed by atoms with Gasteiger partial charge in [-0.2, -0.15) is 0 Å². The Balaban J connectivity index is 1.87. The number of aromatic nitrogens is 2. The average molecular weight is 240 g/mol. The monoisotopic (exact) mass is 240 g/mol. The Hall–Kier alpha value is -1.63. The molecule has 0 aliphatic carbocycles.